The Bertz CT molecular complexity index is 484. The van der Waals surface area contributed by atoms with Crippen molar-refractivity contribution in [1.82, 2.24) is 5.32 Å². The molecule has 17 heavy (non-hydrogen) atoms. The van der Waals surface area contributed by atoms with Crippen molar-refractivity contribution in [3.05, 3.63) is 42.5 Å². The number of halogens is 1. The first-order chi connectivity index (χ1) is 8.35. The number of nitrogens with one attached hydrogen (secondary N) is 1. The largest absolute Gasteiger partial charge is 0.356 e. The van der Waals surface area contributed by atoms with Gasteiger partial charge < -0.3 is 10.2 Å². The molecule has 2 nitrogen and oxygen atoms in total. The number of hydrogen-bond acceptors (Lipinski definition) is 2. The number of likely N-dealkylation sites (N-methyl/N-ethyl adjacent to an activating group) is 1. The van der Waals surface area contributed by atoms with E-state index in [4.69, 9.17) is 11.6 Å². The van der Waals surface area contributed by atoms with Gasteiger partial charge in [-0.05, 0) is 30.0 Å². The molecule has 0 unspecified atom stereocenters. The SMILES string of the molecule is CNCCN(CCl)c1ccc2ccccc2c1. The van der Waals surface area contributed by atoms with Crippen LogP contribution in [-0.2, 0) is 0 Å². The van der Waals surface area contributed by atoms with Gasteiger partial charge in [-0.15, -0.1) is 11.6 Å². The molecule has 0 aliphatic heterocycles. The summed E-state index contributed by atoms with van der Waals surface area (Å²) in [5, 5.41) is 5.66. The van der Waals surface area contributed by atoms with Crippen molar-refractivity contribution < 1.29 is 0 Å². The van der Waals surface area contributed by atoms with Crippen molar-refractivity contribution in [2.24, 2.45) is 0 Å². The fourth-order valence-electron chi connectivity index (χ4n) is 1.88. The van der Waals surface area contributed by atoms with Gasteiger partial charge in [-0.2, -0.15) is 0 Å². The number of fused-ring (bicyclic) bond motifs is 1. The monoisotopic (exact) mass is 248 g/mol. The summed E-state index contributed by atoms with van der Waals surface area (Å²) in [6, 6.07) is 15.3. The van der Waals surface area contributed by atoms with E-state index in [-0.39, 0.29) is 0 Å². The highest BCUT2D eigenvalue weighted by Crippen LogP contribution is 2.22. The lowest BCUT2D eigenvalue weighted by Crippen LogP contribution is -2.29. The molecule has 1 N–H and O–H groups in total. The number of alkyl halides is 1. The van der Waals surface area contributed by atoms with E-state index >= 15 is 0 Å². The highest BCUT2D eigenvalue weighted by atomic mass is 35.5. The van der Waals surface area contributed by atoms with Crippen molar-refractivity contribution in [3.63, 3.8) is 0 Å². The second-order valence-electron chi connectivity index (χ2n) is 4.02. The maximum atomic E-state index is 5.99. The normalized spacial score (nSPS) is 10.7. The predicted molar refractivity (Wildman–Crippen MR) is 75.9 cm³/mol. The van der Waals surface area contributed by atoms with Gasteiger partial charge in [0, 0.05) is 18.8 Å². The van der Waals surface area contributed by atoms with Crippen LogP contribution in [-0.4, -0.2) is 26.1 Å². The maximum Gasteiger partial charge on any atom is 0.0929 e. The molecule has 2 rings (SSSR count). The third-order valence-corrected chi connectivity index (χ3v) is 3.16. The molecule has 0 radical (unpaired) electrons. The molecule has 90 valence electrons. The Balaban J connectivity index is 2.27. The molecule has 0 heterocycles. The molecule has 2 aromatic rings. The van der Waals surface area contributed by atoms with Crippen LogP contribution in [0.15, 0.2) is 42.5 Å². The fraction of sp³-hybridized carbons (Fsp3) is 0.286. The zero-order chi connectivity index (χ0) is 12.1. The van der Waals surface area contributed by atoms with Crippen LogP contribution < -0.4 is 10.2 Å². The average Bonchev–Trinajstić information content (AvgIpc) is 2.39. The highest BCUT2D eigenvalue weighted by molar-refractivity contribution is 6.19. The van der Waals surface area contributed by atoms with Gasteiger partial charge in [0.25, 0.3) is 0 Å². The van der Waals surface area contributed by atoms with Gasteiger partial charge in [0.05, 0.1) is 6.00 Å². The van der Waals surface area contributed by atoms with Crippen LogP contribution in [0.1, 0.15) is 0 Å². The van der Waals surface area contributed by atoms with E-state index in [1.165, 1.54) is 16.5 Å². The Morgan fingerprint density at radius 3 is 2.59 bits per heavy atom. The van der Waals surface area contributed by atoms with E-state index in [0.29, 0.717) is 6.00 Å². The van der Waals surface area contributed by atoms with Crippen LogP contribution in [0.2, 0.25) is 0 Å². The molecule has 0 saturated heterocycles. The maximum absolute atomic E-state index is 5.99. The smallest absolute Gasteiger partial charge is 0.0929 e. The van der Waals surface area contributed by atoms with Crippen molar-refractivity contribution in [2.75, 3.05) is 31.0 Å². The number of nitrogens with zero attached hydrogens (tertiary/aromatic N) is 1. The molecule has 0 saturated carbocycles. The van der Waals surface area contributed by atoms with Crippen LogP contribution in [0.3, 0.4) is 0 Å². The Labute approximate surface area is 107 Å². The van der Waals surface area contributed by atoms with Crippen LogP contribution in [0.4, 0.5) is 5.69 Å². The van der Waals surface area contributed by atoms with Gasteiger partial charge in [0.2, 0.25) is 0 Å². The molecule has 0 aliphatic rings. The topological polar surface area (TPSA) is 15.3 Å². The van der Waals surface area contributed by atoms with Gasteiger partial charge >= 0.3 is 0 Å². The summed E-state index contributed by atoms with van der Waals surface area (Å²) in [6.07, 6.45) is 0. The zero-order valence-corrected chi connectivity index (χ0v) is 10.7. The van der Waals surface area contributed by atoms with E-state index in [1.807, 2.05) is 7.05 Å². The van der Waals surface area contributed by atoms with Crippen LogP contribution in [0.5, 0.6) is 0 Å². The van der Waals surface area contributed by atoms with E-state index < -0.39 is 0 Å². The summed E-state index contributed by atoms with van der Waals surface area (Å²) in [5.74, 6) is 0. The van der Waals surface area contributed by atoms with Crippen LogP contribution >= 0.6 is 11.6 Å². The molecule has 0 fully saturated rings. The Morgan fingerprint density at radius 2 is 1.88 bits per heavy atom. The lowest BCUT2D eigenvalue weighted by atomic mass is 10.1. The van der Waals surface area contributed by atoms with E-state index in [0.717, 1.165) is 13.1 Å². The van der Waals surface area contributed by atoms with Gasteiger partial charge in [-0.3, -0.25) is 0 Å². The van der Waals surface area contributed by atoms with Crippen molar-refractivity contribution in [1.29, 1.82) is 0 Å². The van der Waals surface area contributed by atoms with E-state index in [2.05, 4.69) is 52.7 Å². The number of rotatable bonds is 5. The fourth-order valence-corrected chi connectivity index (χ4v) is 2.14. The van der Waals surface area contributed by atoms with Gasteiger partial charge in [-0.1, -0.05) is 30.3 Å². The summed E-state index contributed by atoms with van der Waals surface area (Å²) < 4.78 is 0. The van der Waals surface area contributed by atoms with Crippen LogP contribution in [0, 0.1) is 0 Å². The second-order valence-corrected chi connectivity index (χ2v) is 4.26. The third-order valence-electron chi connectivity index (χ3n) is 2.87. The first kappa shape index (κ1) is 12.2. The first-order valence-corrected chi connectivity index (χ1v) is 6.33. The molecule has 0 amide bonds. The average molecular weight is 249 g/mol. The van der Waals surface area contributed by atoms with Gasteiger partial charge in [0.15, 0.2) is 0 Å². The van der Waals surface area contributed by atoms with Crippen molar-refractivity contribution in [2.45, 2.75) is 0 Å². The molecular formula is C14H17ClN2. The van der Waals surface area contributed by atoms with E-state index in [9.17, 15) is 0 Å². The molecular weight excluding hydrogens is 232 g/mol. The molecule has 0 spiro atoms. The Kier molecular flexibility index (Phi) is 4.24. The lowest BCUT2D eigenvalue weighted by Gasteiger charge is -2.22. The summed E-state index contributed by atoms with van der Waals surface area (Å²) >= 11 is 5.99. The molecule has 0 atom stereocenters. The predicted octanol–water partition coefficient (Wildman–Crippen LogP) is 3.06. The first-order valence-electron chi connectivity index (χ1n) is 5.79. The second kappa shape index (κ2) is 5.89. The molecule has 2 aromatic carbocycles. The molecule has 3 heteroatoms. The minimum Gasteiger partial charge on any atom is -0.356 e. The van der Waals surface area contributed by atoms with E-state index in [1.54, 1.807) is 0 Å². The molecule has 0 bridgehead atoms. The Morgan fingerprint density at radius 1 is 1.12 bits per heavy atom. The number of benzene rings is 2. The quantitative estimate of drug-likeness (QED) is 0.646. The summed E-state index contributed by atoms with van der Waals surface area (Å²) in [7, 11) is 1.95. The minimum atomic E-state index is 0.514. The minimum absolute atomic E-state index is 0.514. The van der Waals surface area contributed by atoms with Gasteiger partial charge in [-0.25, -0.2) is 0 Å². The zero-order valence-electron chi connectivity index (χ0n) is 9.99. The van der Waals surface area contributed by atoms with Crippen molar-refractivity contribution >= 4 is 28.1 Å². The summed E-state index contributed by atoms with van der Waals surface area (Å²) in [4.78, 5) is 2.16. The summed E-state index contributed by atoms with van der Waals surface area (Å²) in [6.45, 7) is 1.85. The highest BCUT2D eigenvalue weighted by Gasteiger charge is 2.04. The standard InChI is InChI=1S/C14H17ClN2/c1-16-8-9-17(11-15)14-7-6-12-4-2-3-5-13(12)10-14/h2-7,10,16H,8-9,11H2,1H3. The van der Waals surface area contributed by atoms with Gasteiger partial charge in [0.1, 0.15) is 0 Å². The Hall–Kier alpha value is -1.25. The van der Waals surface area contributed by atoms with Crippen LogP contribution in [0.25, 0.3) is 10.8 Å². The lowest BCUT2D eigenvalue weighted by molar-refractivity contribution is 0.760. The third kappa shape index (κ3) is 2.90. The number of anilines is 1. The molecule has 0 aliphatic carbocycles. The van der Waals surface area contributed by atoms with Crippen molar-refractivity contribution in [3.8, 4) is 0 Å². The molecule has 0 aromatic heterocycles. The summed E-state index contributed by atoms with van der Waals surface area (Å²) in [5.41, 5.74) is 1.17. The number of hydrogen-bond donors (Lipinski definition) is 1.